The fourth-order valence-electron chi connectivity index (χ4n) is 1.40. The van der Waals surface area contributed by atoms with E-state index in [2.05, 4.69) is 0 Å². The van der Waals surface area contributed by atoms with Gasteiger partial charge in [0.2, 0.25) is 0 Å². The third-order valence-electron chi connectivity index (χ3n) is 1.99. The summed E-state index contributed by atoms with van der Waals surface area (Å²) in [5.41, 5.74) is 1.35. The molecule has 2 rings (SSSR count). The van der Waals surface area contributed by atoms with Gasteiger partial charge in [-0.15, -0.1) is 0 Å². The van der Waals surface area contributed by atoms with Crippen molar-refractivity contribution in [2.45, 2.75) is 0 Å². The predicted octanol–water partition coefficient (Wildman–Crippen LogP) is 1.25. The predicted molar refractivity (Wildman–Crippen MR) is 49.2 cm³/mol. The van der Waals surface area contributed by atoms with Crippen molar-refractivity contribution in [2.24, 2.45) is 0 Å². The highest BCUT2D eigenvalue weighted by atomic mass is 16.5. The second-order valence-electron chi connectivity index (χ2n) is 2.98. The number of carbonyl (C=O) groups is 1. The molecule has 0 saturated heterocycles. The number of benzene rings is 1. The normalized spacial score (nSPS) is 16.4. The summed E-state index contributed by atoms with van der Waals surface area (Å²) in [5.74, 6) is -0.359. The molecule has 4 nitrogen and oxygen atoms in total. The van der Waals surface area contributed by atoms with Crippen LogP contribution in [-0.4, -0.2) is 22.8 Å². The molecule has 0 bridgehead atoms. The lowest BCUT2D eigenvalue weighted by molar-refractivity contribution is -0.131. The first-order valence-corrected chi connectivity index (χ1v) is 4.06. The molecule has 0 aromatic heterocycles. The lowest BCUT2D eigenvalue weighted by atomic mass is 10.1. The molecule has 0 aliphatic carbocycles. The fourth-order valence-corrected chi connectivity index (χ4v) is 1.40. The molecule has 14 heavy (non-hydrogen) atoms. The SMILES string of the molecule is O=C(O)C=C1COc2cc(O)ccc21. The Kier molecular flexibility index (Phi) is 1.89. The first-order valence-electron chi connectivity index (χ1n) is 4.06. The van der Waals surface area contributed by atoms with Crippen molar-refractivity contribution < 1.29 is 19.7 Å². The molecule has 0 spiro atoms. The minimum Gasteiger partial charge on any atom is -0.508 e. The van der Waals surface area contributed by atoms with Crippen molar-refractivity contribution in [1.82, 2.24) is 0 Å². The topological polar surface area (TPSA) is 66.8 Å². The highest BCUT2D eigenvalue weighted by molar-refractivity contribution is 5.92. The first-order chi connectivity index (χ1) is 6.66. The molecule has 0 fully saturated rings. The van der Waals surface area contributed by atoms with E-state index in [1.165, 1.54) is 12.1 Å². The van der Waals surface area contributed by atoms with Gasteiger partial charge in [-0.1, -0.05) is 0 Å². The smallest absolute Gasteiger partial charge is 0.328 e. The highest BCUT2D eigenvalue weighted by Gasteiger charge is 2.18. The van der Waals surface area contributed by atoms with Crippen LogP contribution in [0.5, 0.6) is 11.5 Å². The van der Waals surface area contributed by atoms with Crippen molar-refractivity contribution in [3.63, 3.8) is 0 Å². The Hall–Kier alpha value is -1.97. The summed E-state index contributed by atoms with van der Waals surface area (Å²) in [5, 5.41) is 17.7. The van der Waals surface area contributed by atoms with E-state index in [0.29, 0.717) is 11.3 Å². The average molecular weight is 192 g/mol. The Bertz CT molecular complexity index is 420. The quantitative estimate of drug-likeness (QED) is 0.657. The van der Waals surface area contributed by atoms with Gasteiger partial charge in [0, 0.05) is 23.3 Å². The van der Waals surface area contributed by atoms with Crippen molar-refractivity contribution in [3.8, 4) is 11.5 Å². The van der Waals surface area contributed by atoms with E-state index in [1.807, 2.05) is 0 Å². The van der Waals surface area contributed by atoms with Gasteiger partial charge in [-0.3, -0.25) is 0 Å². The van der Waals surface area contributed by atoms with Crippen LogP contribution in [0.2, 0.25) is 0 Å². The van der Waals surface area contributed by atoms with Gasteiger partial charge in [0.25, 0.3) is 0 Å². The molecule has 72 valence electrons. The van der Waals surface area contributed by atoms with E-state index in [4.69, 9.17) is 14.9 Å². The van der Waals surface area contributed by atoms with Gasteiger partial charge < -0.3 is 14.9 Å². The molecule has 4 heteroatoms. The monoisotopic (exact) mass is 192 g/mol. The molecule has 0 atom stereocenters. The van der Waals surface area contributed by atoms with E-state index >= 15 is 0 Å². The summed E-state index contributed by atoms with van der Waals surface area (Å²) in [7, 11) is 0. The molecule has 0 saturated carbocycles. The van der Waals surface area contributed by atoms with Crippen molar-refractivity contribution in [2.75, 3.05) is 6.61 Å². The number of phenolic OH excluding ortho intramolecular Hbond substituents is 1. The Morgan fingerprint density at radius 2 is 2.29 bits per heavy atom. The summed E-state index contributed by atoms with van der Waals surface area (Å²) >= 11 is 0. The lowest BCUT2D eigenvalue weighted by Crippen LogP contribution is -1.93. The maximum absolute atomic E-state index is 10.5. The molecule has 1 aromatic rings. The van der Waals surface area contributed by atoms with Gasteiger partial charge >= 0.3 is 5.97 Å². The minimum absolute atomic E-state index is 0.111. The number of phenols is 1. The summed E-state index contributed by atoms with van der Waals surface area (Å²) in [6, 6.07) is 4.62. The van der Waals surface area contributed by atoms with Crippen LogP contribution in [-0.2, 0) is 4.79 Å². The van der Waals surface area contributed by atoms with Crippen LogP contribution < -0.4 is 4.74 Å². The molecule has 1 aliphatic rings. The van der Waals surface area contributed by atoms with E-state index < -0.39 is 5.97 Å². The molecule has 1 heterocycles. The number of fused-ring (bicyclic) bond motifs is 1. The molecular formula is C10H8O4. The molecule has 1 aromatic carbocycles. The van der Waals surface area contributed by atoms with Crippen LogP contribution in [0.15, 0.2) is 24.3 Å². The summed E-state index contributed by atoms with van der Waals surface area (Å²) in [4.78, 5) is 10.5. The van der Waals surface area contributed by atoms with Crippen molar-refractivity contribution in [3.05, 3.63) is 29.8 Å². The van der Waals surface area contributed by atoms with Crippen LogP contribution in [0.4, 0.5) is 0 Å². The third kappa shape index (κ3) is 1.42. The number of ether oxygens (including phenoxy) is 1. The number of rotatable bonds is 1. The Morgan fingerprint density at radius 3 is 3.00 bits per heavy atom. The number of hydrogen-bond donors (Lipinski definition) is 2. The van der Waals surface area contributed by atoms with Gasteiger partial charge in [-0.2, -0.15) is 0 Å². The van der Waals surface area contributed by atoms with E-state index in [0.717, 1.165) is 11.6 Å². The lowest BCUT2D eigenvalue weighted by Gasteiger charge is -1.97. The van der Waals surface area contributed by atoms with Gasteiger partial charge in [0.05, 0.1) is 0 Å². The zero-order chi connectivity index (χ0) is 10.1. The largest absolute Gasteiger partial charge is 0.508 e. The Balaban J connectivity index is 2.45. The minimum atomic E-state index is -0.996. The second-order valence-corrected chi connectivity index (χ2v) is 2.98. The highest BCUT2D eigenvalue weighted by Crippen LogP contribution is 2.35. The molecule has 0 radical (unpaired) electrons. The molecule has 1 aliphatic heterocycles. The zero-order valence-electron chi connectivity index (χ0n) is 7.23. The molecular weight excluding hydrogens is 184 g/mol. The Morgan fingerprint density at radius 1 is 1.50 bits per heavy atom. The summed E-state index contributed by atoms with van der Waals surface area (Å²) in [6.07, 6.45) is 1.11. The second kappa shape index (κ2) is 3.06. The molecule has 0 amide bonds. The van der Waals surface area contributed by atoms with Crippen LogP contribution in [0.25, 0.3) is 5.57 Å². The van der Waals surface area contributed by atoms with Gasteiger partial charge in [-0.05, 0) is 12.1 Å². The van der Waals surface area contributed by atoms with Gasteiger partial charge in [-0.25, -0.2) is 4.79 Å². The van der Waals surface area contributed by atoms with Crippen LogP contribution in [0.1, 0.15) is 5.56 Å². The maximum Gasteiger partial charge on any atom is 0.328 e. The van der Waals surface area contributed by atoms with Crippen LogP contribution in [0.3, 0.4) is 0 Å². The number of hydrogen-bond acceptors (Lipinski definition) is 3. The number of carboxylic acids is 1. The average Bonchev–Trinajstić information content (AvgIpc) is 2.47. The van der Waals surface area contributed by atoms with Gasteiger partial charge in [0.1, 0.15) is 18.1 Å². The standard InChI is InChI=1S/C10H8O4/c11-7-1-2-8-6(3-10(12)13)5-14-9(8)4-7/h1-4,11H,5H2,(H,12,13). The van der Waals surface area contributed by atoms with Crippen molar-refractivity contribution in [1.29, 1.82) is 0 Å². The van der Waals surface area contributed by atoms with E-state index in [-0.39, 0.29) is 12.4 Å². The number of carboxylic acid groups (broad SMARTS) is 1. The Labute approximate surface area is 80.1 Å². The third-order valence-corrected chi connectivity index (χ3v) is 1.99. The zero-order valence-corrected chi connectivity index (χ0v) is 7.23. The summed E-state index contributed by atoms with van der Waals surface area (Å²) in [6.45, 7) is 0.241. The first kappa shape index (κ1) is 8.62. The number of aliphatic carboxylic acids is 1. The van der Waals surface area contributed by atoms with Crippen LogP contribution >= 0.6 is 0 Å². The van der Waals surface area contributed by atoms with Gasteiger partial charge in [0.15, 0.2) is 0 Å². The summed E-state index contributed by atoms with van der Waals surface area (Å²) < 4.78 is 5.20. The van der Waals surface area contributed by atoms with Crippen molar-refractivity contribution >= 4 is 11.5 Å². The van der Waals surface area contributed by atoms with E-state index in [1.54, 1.807) is 6.07 Å². The fraction of sp³-hybridized carbons (Fsp3) is 0.100. The maximum atomic E-state index is 10.5. The number of aromatic hydroxyl groups is 1. The van der Waals surface area contributed by atoms with Crippen LogP contribution in [0, 0.1) is 0 Å². The van der Waals surface area contributed by atoms with E-state index in [9.17, 15) is 4.79 Å². The molecule has 2 N–H and O–H groups in total. The molecule has 0 unspecified atom stereocenters.